The van der Waals surface area contributed by atoms with Crippen molar-refractivity contribution in [2.45, 2.75) is 19.8 Å². The van der Waals surface area contributed by atoms with Gasteiger partial charge in [-0.1, -0.05) is 11.2 Å². The molecule has 7 heteroatoms. The summed E-state index contributed by atoms with van der Waals surface area (Å²) in [6.45, 7) is 1.45. The molecule has 2 rings (SSSR count). The lowest BCUT2D eigenvalue weighted by Gasteiger charge is -2.01. The SMILES string of the molecule is Cc1ccc(N)cc1-c1nc(CCOCC(F)F)no1. The molecule has 0 aliphatic rings. The number of hydrogen-bond acceptors (Lipinski definition) is 5. The molecule has 1 heterocycles. The van der Waals surface area contributed by atoms with Crippen molar-refractivity contribution in [1.82, 2.24) is 10.1 Å². The van der Waals surface area contributed by atoms with Gasteiger partial charge in [0.25, 0.3) is 12.3 Å². The van der Waals surface area contributed by atoms with E-state index in [1.807, 2.05) is 13.0 Å². The maximum absolute atomic E-state index is 11.9. The van der Waals surface area contributed by atoms with Crippen LogP contribution in [0.3, 0.4) is 0 Å². The van der Waals surface area contributed by atoms with Crippen LogP contribution in [0.5, 0.6) is 0 Å². The zero-order valence-electron chi connectivity index (χ0n) is 11.0. The highest BCUT2D eigenvalue weighted by Crippen LogP contribution is 2.23. The number of ether oxygens (including phenoxy) is 1. The molecule has 0 saturated heterocycles. The van der Waals surface area contributed by atoms with Crippen molar-refractivity contribution in [2.24, 2.45) is 0 Å². The zero-order chi connectivity index (χ0) is 14.5. The molecule has 0 atom stereocenters. The molecule has 0 aliphatic carbocycles. The van der Waals surface area contributed by atoms with Gasteiger partial charge in [-0.05, 0) is 24.6 Å². The fourth-order valence-electron chi connectivity index (χ4n) is 1.67. The maximum Gasteiger partial charge on any atom is 0.261 e. The van der Waals surface area contributed by atoms with E-state index in [0.717, 1.165) is 11.1 Å². The van der Waals surface area contributed by atoms with Gasteiger partial charge in [-0.25, -0.2) is 8.78 Å². The van der Waals surface area contributed by atoms with Crippen molar-refractivity contribution in [2.75, 3.05) is 18.9 Å². The molecular weight excluding hydrogens is 268 g/mol. The summed E-state index contributed by atoms with van der Waals surface area (Å²) in [5, 5.41) is 3.79. The number of rotatable bonds is 6. The smallest absolute Gasteiger partial charge is 0.261 e. The Morgan fingerprint density at radius 2 is 2.20 bits per heavy atom. The molecule has 2 N–H and O–H groups in total. The van der Waals surface area contributed by atoms with Gasteiger partial charge in [-0.2, -0.15) is 4.98 Å². The van der Waals surface area contributed by atoms with E-state index in [1.54, 1.807) is 12.1 Å². The van der Waals surface area contributed by atoms with Crippen molar-refractivity contribution in [3.8, 4) is 11.5 Å². The predicted octanol–water partition coefficient (Wildman–Crippen LogP) is 2.45. The monoisotopic (exact) mass is 283 g/mol. The first-order chi connectivity index (χ1) is 9.56. The Labute approximate surface area is 114 Å². The Kier molecular flexibility index (Phi) is 4.62. The molecule has 0 fully saturated rings. The van der Waals surface area contributed by atoms with Gasteiger partial charge in [0.05, 0.1) is 6.61 Å². The van der Waals surface area contributed by atoms with E-state index in [4.69, 9.17) is 15.0 Å². The van der Waals surface area contributed by atoms with Crippen molar-refractivity contribution in [1.29, 1.82) is 0 Å². The van der Waals surface area contributed by atoms with Crippen LogP contribution in [0.25, 0.3) is 11.5 Å². The molecule has 0 aliphatic heterocycles. The minimum absolute atomic E-state index is 0.124. The summed E-state index contributed by atoms with van der Waals surface area (Å²) in [5.41, 5.74) is 8.04. The van der Waals surface area contributed by atoms with E-state index < -0.39 is 13.0 Å². The van der Waals surface area contributed by atoms with Gasteiger partial charge < -0.3 is 15.0 Å². The molecule has 2 aromatic rings. The average molecular weight is 283 g/mol. The summed E-state index contributed by atoms with van der Waals surface area (Å²) < 4.78 is 33.7. The molecule has 0 spiro atoms. The van der Waals surface area contributed by atoms with E-state index in [2.05, 4.69) is 10.1 Å². The van der Waals surface area contributed by atoms with Crippen LogP contribution in [-0.4, -0.2) is 29.8 Å². The Morgan fingerprint density at radius 3 is 2.95 bits per heavy atom. The number of nitrogens with zero attached hydrogens (tertiary/aromatic N) is 2. The minimum atomic E-state index is -2.47. The number of aryl methyl sites for hydroxylation is 1. The second-order valence-electron chi connectivity index (χ2n) is 4.31. The van der Waals surface area contributed by atoms with Crippen LogP contribution >= 0.6 is 0 Å². The van der Waals surface area contributed by atoms with Crippen LogP contribution in [0.2, 0.25) is 0 Å². The molecule has 0 radical (unpaired) electrons. The highest BCUT2D eigenvalue weighted by Gasteiger charge is 2.12. The van der Waals surface area contributed by atoms with Crippen molar-refractivity contribution < 1.29 is 18.0 Å². The molecule has 1 aromatic carbocycles. The van der Waals surface area contributed by atoms with Crippen molar-refractivity contribution in [3.63, 3.8) is 0 Å². The first-order valence-electron chi connectivity index (χ1n) is 6.11. The maximum atomic E-state index is 11.9. The summed E-state index contributed by atoms with van der Waals surface area (Å²) in [7, 11) is 0. The molecule has 20 heavy (non-hydrogen) atoms. The van der Waals surface area contributed by atoms with E-state index in [9.17, 15) is 8.78 Å². The Bertz CT molecular complexity index is 572. The fourth-order valence-corrected chi connectivity index (χ4v) is 1.67. The topological polar surface area (TPSA) is 74.2 Å². The van der Waals surface area contributed by atoms with Crippen molar-refractivity contribution in [3.05, 3.63) is 29.6 Å². The number of anilines is 1. The van der Waals surface area contributed by atoms with E-state index >= 15 is 0 Å². The second-order valence-corrected chi connectivity index (χ2v) is 4.31. The molecular formula is C13H15F2N3O2. The largest absolute Gasteiger partial charge is 0.399 e. The number of nitrogen functional groups attached to an aromatic ring is 1. The number of alkyl halides is 2. The number of aromatic nitrogens is 2. The third-order valence-electron chi connectivity index (χ3n) is 2.67. The zero-order valence-corrected chi connectivity index (χ0v) is 11.0. The van der Waals surface area contributed by atoms with Gasteiger partial charge in [0.2, 0.25) is 0 Å². The third kappa shape index (κ3) is 3.74. The predicted molar refractivity (Wildman–Crippen MR) is 69.4 cm³/mol. The van der Waals surface area contributed by atoms with Gasteiger partial charge in [0, 0.05) is 17.7 Å². The lowest BCUT2D eigenvalue weighted by molar-refractivity contribution is 0.0182. The molecule has 108 valence electrons. The summed E-state index contributed by atoms with van der Waals surface area (Å²) in [5.74, 6) is 0.773. The highest BCUT2D eigenvalue weighted by molar-refractivity contribution is 5.63. The Hall–Kier alpha value is -2.02. The first kappa shape index (κ1) is 14.4. The molecule has 0 saturated carbocycles. The number of halogens is 2. The van der Waals surface area contributed by atoms with Crippen LogP contribution in [0.15, 0.2) is 22.7 Å². The quantitative estimate of drug-likeness (QED) is 0.651. The van der Waals surface area contributed by atoms with E-state index in [1.165, 1.54) is 0 Å². The fraction of sp³-hybridized carbons (Fsp3) is 0.385. The van der Waals surface area contributed by atoms with Gasteiger partial charge in [0.15, 0.2) is 5.82 Å². The normalized spacial score (nSPS) is 11.2. The average Bonchev–Trinajstić information content (AvgIpc) is 2.86. The van der Waals surface area contributed by atoms with Crippen LogP contribution in [0, 0.1) is 6.92 Å². The van der Waals surface area contributed by atoms with Gasteiger partial charge >= 0.3 is 0 Å². The Morgan fingerprint density at radius 1 is 1.40 bits per heavy atom. The van der Waals surface area contributed by atoms with Crippen LogP contribution in [-0.2, 0) is 11.2 Å². The second kappa shape index (κ2) is 6.42. The standard InChI is InChI=1S/C13H15F2N3O2/c1-8-2-3-9(16)6-10(8)13-17-12(18-20-13)4-5-19-7-11(14)15/h2-3,6,11H,4-5,7,16H2,1H3. The molecule has 1 aromatic heterocycles. The van der Waals surface area contributed by atoms with Gasteiger partial charge in [-0.3, -0.25) is 0 Å². The highest BCUT2D eigenvalue weighted by atomic mass is 19.3. The first-order valence-corrected chi connectivity index (χ1v) is 6.11. The van der Waals surface area contributed by atoms with Gasteiger partial charge in [-0.15, -0.1) is 0 Å². The minimum Gasteiger partial charge on any atom is -0.399 e. The third-order valence-corrected chi connectivity index (χ3v) is 2.67. The molecule has 0 unspecified atom stereocenters. The summed E-state index contributed by atoms with van der Waals surface area (Å²) in [6, 6.07) is 5.40. The van der Waals surface area contributed by atoms with Crippen LogP contribution in [0.1, 0.15) is 11.4 Å². The Balaban J connectivity index is 2.00. The summed E-state index contributed by atoms with van der Waals surface area (Å²) in [4.78, 5) is 4.20. The summed E-state index contributed by atoms with van der Waals surface area (Å²) >= 11 is 0. The van der Waals surface area contributed by atoms with E-state index in [-0.39, 0.29) is 6.61 Å². The number of benzene rings is 1. The molecule has 0 amide bonds. The van der Waals surface area contributed by atoms with Crippen LogP contribution < -0.4 is 5.73 Å². The number of nitrogens with two attached hydrogens (primary N) is 1. The van der Waals surface area contributed by atoms with Crippen molar-refractivity contribution >= 4 is 5.69 Å². The lowest BCUT2D eigenvalue weighted by Crippen LogP contribution is -2.07. The molecule has 5 nitrogen and oxygen atoms in total. The van der Waals surface area contributed by atoms with Gasteiger partial charge in [0.1, 0.15) is 6.61 Å². The van der Waals surface area contributed by atoms with E-state index in [0.29, 0.717) is 23.8 Å². The molecule has 0 bridgehead atoms. The van der Waals surface area contributed by atoms with Crippen LogP contribution in [0.4, 0.5) is 14.5 Å². The summed E-state index contributed by atoms with van der Waals surface area (Å²) in [6.07, 6.45) is -2.15. The number of hydrogen-bond donors (Lipinski definition) is 1. The lowest BCUT2D eigenvalue weighted by atomic mass is 10.1.